The zero-order chi connectivity index (χ0) is 7.94. The Bertz CT molecular complexity index is 218. The molecule has 0 amide bonds. The van der Waals surface area contributed by atoms with Crippen LogP contribution >= 0.6 is 27.7 Å². The molecule has 0 fully saturated rings. The minimum absolute atomic E-state index is 0.923. The van der Waals surface area contributed by atoms with Crippen LogP contribution < -0.4 is 0 Å². The molecule has 1 aromatic rings. The van der Waals surface area contributed by atoms with Gasteiger partial charge in [-0.3, -0.25) is 0 Å². The van der Waals surface area contributed by atoms with E-state index in [2.05, 4.69) is 39.5 Å². The van der Waals surface area contributed by atoms with E-state index in [1.807, 2.05) is 18.2 Å². The Hall–Kier alpha value is -0.210. The van der Waals surface area contributed by atoms with Crippen LogP contribution in [0.2, 0.25) is 0 Å². The van der Waals surface area contributed by atoms with Gasteiger partial charge in [0.15, 0.2) is 0 Å². The van der Waals surface area contributed by atoms with Crippen molar-refractivity contribution in [1.29, 1.82) is 0 Å². The van der Waals surface area contributed by atoms with E-state index in [4.69, 9.17) is 0 Å². The molecule has 0 atom stereocenters. The van der Waals surface area contributed by atoms with Crippen LogP contribution in [0.1, 0.15) is 0 Å². The zero-order valence-corrected chi connectivity index (χ0v) is 8.44. The van der Waals surface area contributed by atoms with E-state index >= 15 is 0 Å². The Kier molecular flexibility index (Phi) is 4.39. The summed E-state index contributed by atoms with van der Waals surface area (Å²) in [5, 5.41) is 3.01. The summed E-state index contributed by atoms with van der Waals surface area (Å²) in [7, 11) is 0. The van der Waals surface area contributed by atoms with Crippen molar-refractivity contribution < 1.29 is 0 Å². The van der Waals surface area contributed by atoms with Gasteiger partial charge in [0.2, 0.25) is 0 Å². The van der Waals surface area contributed by atoms with Crippen LogP contribution in [0, 0.1) is 0 Å². The molecule has 0 aromatic heterocycles. The molecule has 0 aliphatic heterocycles. The van der Waals surface area contributed by atoms with Crippen LogP contribution in [0.4, 0.5) is 0 Å². The van der Waals surface area contributed by atoms with Gasteiger partial charge in [-0.05, 0) is 17.5 Å². The summed E-state index contributed by atoms with van der Waals surface area (Å²) in [5.74, 6) is 0. The molecule has 0 heterocycles. The average molecular weight is 229 g/mol. The summed E-state index contributed by atoms with van der Waals surface area (Å²) in [4.78, 5) is 1.28. The number of alkyl halides is 1. The van der Waals surface area contributed by atoms with E-state index in [0.29, 0.717) is 0 Å². The van der Waals surface area contributed by atoms with E-state index in [1.54, 1.807) is 11.8 Å². The molecule has 2 heteroatoms. The van der Waals surface area contributed by atoms with Crippen molar-refractivity contribution >= 4 is 27.7 Å². The molecule has 58 valence electrons. The molecule has 0 saturated carbocycles. The van der Waals surface area contributed by atoms with E-state index < -0.39 is 0 Å². The first kappa shape index (κ1) is 8.88. The third-order valence-electron chi connectivity index (χ3n) is 1.13. The largest absolute Gasteiger partial charge is 0.0984 e. The second-order valence-corrected chi connectivity index (χ2v) is 3.58. The lowest BCUT2D eigenvalue weighted by atomic mass is 10.4. The van der Waals surface area contributed by atoms with Gasteiger partial charge in [0, 0.05) is 10.2 Å². The van der Waals surface area contributed by atoms with Crippen LogP contribution in [-0.4, -0.2) is 5.33 Å². The van der Waals surface area contributed by atoms with Gasteiger partial charge in [-0.1, -0.05) is 52.0 Å². The topological polar surface area (TPSA) is 0 Å². The molecule has 0 radical (unpaired) electrons. The van der Waals surface area contributed by atoms with Crippen molar-refractivity contribution in [2.24, 2.45) is 0 Å². The minimum Gasteiger partial charge on any atom is -0.0984 e. The first-order valence-electron chi connectivity index (χ1n) is 3.36. The Morgan fingerprint density at radius 3 is 2.64 bits per heavy atom. The molecular weight excluding hydrogens is 220 g/mol. The third kappa shape index (κ3) is 3.63. The molecule has 0 unspecified atom stereocenters. The van der Waals surface area contributed by atoms with E-state index in [0.717, 1.165) is 5.33 Å². The summed E-state index contributed by atoms with van der Waals surface area (Å²) in [6.07, 6.45) is 2.08. The molecule has 1 aromatic carbocycles. The van der Waals surface area contributed by atoms with Crippen LogP contribution in [0.5, 0.6) is 0 Å². The van der Waals surface area contributed by atoms with Gasteiger partial charge in [-0.25, -0.2) is 0 Å². The van der Waals surface area contributed by atoms with Gasteiger partial charge in [0.1, 0.15) is 0 Å². The van der Waals surface area contributed by atoms with Crippen LogP contribution in [-0.2, 0) is 0 Å². The third-order valence-corrected chi connectivity index (χ3v) is 2.38. The highest BCUT2D eigenvalue weighted by molar-refractivity contribution is 9.09. The van der Waals surface area contributed by atoms with Gasteiger partial charge >= 0.3 is 0 Å². The standard InChI is InChI=1S/C9H9BrS/c10-7-4-8-11-9-5-2-1-3-6-9/h1-6,8H,7H2/b8-4+. The summed E-state index contributed by atoms with van der Waals surface area (Å²) >= 11 is 5.06. The zero-order valence-electron chi connectivity index (χ0n) is 6.03. The highest BCUT2D eigenvalue weighted by Crippen LogP contribution is 2.17. The predicted molar refractivity (Wildman–Crippen MR) is 55.2 cm³/mol. The fourth-order valence-corrected chi connectivity index (χ4v) is 1.76. The number of hydrogen-bond donors (Lipinski definition) is 0. The molecule has 1 rings (SSSR count). The number of benzene rings is 1. The molecular formula is C9H9BrS. The summed E-state index contributed by atoms with van der Waals surface area (Å²) in [6, 6.07) is 10.3. The van der Waals surface area contributed by atoms with Crippen molar-refractivity contribution in [3.63, 3.8) is 0 Å². The Labute approximate surface area is 79.8 Å². The lowest BCUT2D eigenvalue weighted by Gasteiger charge is -1.92. The van der Waals surface area contributed by atoms with Crippen molar-refractivity contribution in [2.75, 3.05) is 5.33 Å². The summed E-state index contributed by atoms with van der Waals surface area (Å²) < 4.78 is 0. The Morgan fingerprint density at radius 1 is 1.27 bits per heavy atom. The molecule has 0 saturated heterocycles. The first-order valence-corrected chi connectivity index (χ1v) is 5.36. The number of rotatable bonds is 3. The van der Waals surface area contributed by atoms with Crippen LogP contribution in [0.25, 0.3) is 0 Å². The van der Waals surface area contributed by atoms with Gasteiger partial charge < -0.3 is 0 Å². The fraction of sp³-hybridized carbons (Fsp3) is 0.111. The van der Waals surface area contributed by atoms with Gasteiger partial charge in [0.05, 0.1) is 0 Å². The highest BCUT2D eigenvalue weighted by Gasteiger charge is 1.84. The lowest BCUT2D eigenvalue weighted by Crippen LogP contribution is -1.64. The molecule has 0 aliphatic carbocycles. The van der Waals surface area contributed by atoms with E-state index in [9.17, 15) is 0 Å². The van der Waals surface area contributed by atoms with Crippen molar-refractivity contribution in [2.45, 2.75) is 4.90 Å². The second-order valence-electron chi connectivity index (χ2n) is 1.96. The minimum atomic E-state index is 0.923. The lowest BCUT2D eigenvalue weighted by molar-refractivity contribution is 1.47. The van der Waals surface area contributed by atoms with E-state index in [1.165, 1.54) is 4.90 Å². The smallest absolute Gasteiger partial charge is 0.0220 e. The first-order chi connectivity index (χ1) is 5.43. The molecule has 11 heavy (non-hydrogen) atoms. The van der Waals surface area contributed by atoms with Crippen molar-refractivity contribution in [1.82, 2.24) is 0 Å². The summed E-state index contributed by atoms with van der Waals surface area (Å²) in [6.45, 7) is 0. The van der Waals surface area contributed by atoms with Crippen molar-refractivity contribution in [3.8, 4) is 0 Å². The maximum Gasteiger partial charge on any atom is 0.0220 e. The molecule has 0 aliphatic rings. The quantitative estimate of drug-likeness (QED) is 0.562. The maximum absolute atomic E-state index is 3.32. The number of allylic oxidation sites excluding steroid dienone is 1. The van der Waals surface area contributed by atoms with Crippen LogP contribution in [0.15, 0.2) is 46.7 Å². The molecule has 0 bridgehead atoms. The van der Waals surface area contributed by atoms with Gasteiger partial charge in [-0.15, -0.1) is 0 Å². The number of hydrogen-bond acceptors (Lipinski definition) is 1. The molecule has 0 nitrogen and oxygen atoms in total. The second kappa shape index (κ2) is 5.44. The van der Waals surface area contributed by atoms with Gasteiger partial charge in [-0.2, -0.15) is 0 Å². The van der Waals surface area contributed by atoms with Crippen LogP contribution in [0.3, 0.4) is 0 Å². The highest BCUT2D eigenvalue weighted by atomic mass is 79.9. The number of thioether (sulfide) groups is 1. The summed E-state index contributed by atoms with van der Waals surface area (Å²) in [5.41, 5.74) is 0. The average Bonchev–Trinajstić information content (AvgIpc) is 2.07. The fourth-order valence-electron chi connectivity index (χ4n) is 0.662. The Balaban J connectivity index is 2.45. The molecule has 0 spiro atoms. The monoisotopic (exact) mass is 228 g/mol. The number of halogens is 1. The normalized spacial score (nSPS) is 10.6. The maximum atomic E-state index is 3.32. The Morgan fingerprint density at radius 2 is 2.00 bits per heavy atom. The van der Waals surface area contributed by atoms with Crippen molar-refractivity contribution in [3.05, 3.63) is 41.8 Å². The van der Waals surface area contributed by atoms with E-state index in [-0.39, 0.29) is 0 Å². The molecule has 0 N–H and O–H groups in total. The van der Waals surface area contributed by atoms with Gasteiger partial charge in [0.25, 0.3) is 0 Å². The SMILES string of the molecule is BrC/C=C/Sc1ccccc1. The predicted octanol–water partition coefficient (Wildman–Crippen LogP) is 3.69.